The van der Waals surface area contributed by atoms with E-state index in [0.29, 0.717) is 5.56 Å². The van der Waals surface area contributed by atoms with Crippen LogP contribution in [0.25, 0.3) is 0 Å². The molecular formula is C13H12N2O4S2. The fourth-order valence-corrected chi connectivity index (χ4v) is 3.78. The number of hydrogen-bond donors (Lipinski definition) is 2. The van der Waals surface area contributed by atoms with Crippen LogP contribution in [-0.4, -0.2) is 20.1 Å². The van der Waals surface area contributed by atoms with Gasteiger partial charge in [-0.25, -0.2) is 8.42 Å². The van der Waals surface area contributed by atoms with Crippen molar-refractivity contribution < 1.29 is 18.0 Å². The number of thiophene rings is 1. The van der Waals surface area contributed by atoms with Gasteiger partial charge in [-0.15, -0.1) is 11.3 Å². The van der Waals surface area contributed by atoms with Crippen molar-refractivity contribution in [3.63, 3.8) is 0 Å². The number of rotatable bonds is 5. The Bertz CT molecular complexity index is 809. The molecule has 0 fully saturated rings. The van der Waals surface area contributed by atoms with Crippen molar-refractivity contribution in [1.82, 2.24) is 0 Å². The molecule has 1 aromatic carbocycles. The number of hydrogen-bond acceptors (Lipinski definition) is 5. The van der Waals surface area contributed by atoms with Gasteiger partial charge in [-0.05, 0) is 25.1 Å². The summed E-state index contributed by atoms with van der Waals surface area (Å²) >= 11 is 0.955. The second kappa shape index (κ2) is 5.66. The van der Waals surface area contributed by atoms with Crippen molar-refractivity contribution in [3.8, 4) is 0 Å². The summed E-state index contributed by atoms with van der Waals surface area (Å²) in [6, 6.07) is 7.36. The molecule has 3 N–H and O–H groups in total. The topological polar surface area (TPSA) is 106 Å². The summed E-state index contributed by atoms with van der Waals surface area (Å²) in [5.41, 5.74) is 5.77. The monoisotopic (exact) mass is 324 g/mol. The van der Waals surface area contributed by atoms with E-state index in [1.165, 1.54) is 30.5 Å². The van der Waals surface area contributed by atoms with E-state index in [1.807, 2.05) is 0 Å². The van der Waals surface area contributed by atoms with Crippen LogP contribution < -0.4 is 10.5 Å². The summed E-state index contributed by atoms with van der Waals surface area (Å²) in [7, 11) is -3.83. The Morgan fingerprint density at radius 3 is 2.52 bits per heavy atom. The largest absolute Gasteiger partial charge is 0.365 e. The number of carbonyl (C=O) groups excluding carboxylic acids is 2. The summed E-state index contributed by atoms with van der Waals surface area (Å²) < 4.78 is 26.7. The zero-order valence-electron chi connectivity index (χ0n) is 11.0. The molecule has 0 aliphatic carbocycles. The standard InChI is InChI=1S/C13H12N2O4S2/c1-8(16)9-3-2-4-10(5-9)15-21(18,19)11-6-12(13(14)17)20-7-11/h2-7,15H,1H3,(H2,14,17). The first kappa shape index (κ1) is 15.2. The summed E-state index contributed by atoms with van der Waals surface area (Å²) in [5, 5.41) is 1.33. The molecule has 1 heterocycles. The lowest BCUT2D eigenvalue weighted by Gasteiger charge is -2.07. The minimum atomic E-state index is -3.83. The first-order valence-corrected chi connectivity index (χ1v) is 8.18. The Morgan fingerprint density at radius 1 is 1.24 bits per heavy atom. The van der Waals surface area contributed by atoms with E-state index in [4.69, 9.17) is 5.73 Å². The van der Waals surface area contributed by atoms with Crippen molar-refractivity contribution in [2.75, 3.05) is 4.72 Å². The molecule has 0 radical (unpaired) electrons. The van der Waals surface area contributed by atoms with Crippen molar-refractivity contribution >= 4 is 38.7 Å². The van der Waals surface area contributed by atoms with Crippen LogP contribution >= 0.6 is 11.3 Å². The van der Waals surface area contributed by atoms with Gasteiger partial charge in [0.25, 0.3) is 15.9 Å². The van der Waals surface area contributed by atoms with Gasteiger partial charge in [0, 0.05) is 16.6 Å². The number of carbonyl (C=O) groups is 2. The van der Waals surface area contributed by atoms with Gasteiger partial charge in [-0.3, -0.25) is 14.3 Å². The molecule has 0 saturated heterocycles. The maximum Gasteiger partial charge on any atom is 0.262 e. The lowest BCUT2D eigenvalue weighted by Crippen LogP contribution is -2.13. The van der Waals surface area contributed by atoms with Crippen molar-refractivity contribution in [3.05, 3.63) is 46.2 Å². The molecule has 21 heavy (non-hydrogen) atoms. The third-order valence-electron chi connectivity index (χ3n) is 2.65. The Hall–Kier alpha value is -2.19. The van der Waals surface area contributed by atoms with E-state index in [1.54, 1.807) is 12.1 Å². The molecule has 0 unspecified atom stereocenters. The van der Waals surface area contributed by atoms with Gasteiger partial charge in [-0.2, -0.15) is 0 Å². The summed E-state index contributed by atoms with van der Waals surface area (Å²) in [6.45, 7) is 1.39. The second-order valence-corrected chi connectivity index (χ2v) is 6.85. The van der Waals surface area contributed by atoms with Crippen LogP contribution in [0, 0.1) is 0 Å². The Kier molecular flexibility index (Phi) is 4.10. The predicted molar refractivity (Wildman–Crippen MR) is 80.1 cm³/mol. The molecule has 2 rings (SSSR count). The van der Waals surface area contributed by atoms with Crippen LogP contribution in [0.2, 0.25) is 0 Å². The molecular weight excluding hydrogens is 312 g/mol. The quantitative estimate of drug-likeness (QED) is 0.818. The smallest absolute Gasteiger partial charge is 0.262 e. The van der Waals surface area contributed by atoms with Crippen LogP contribution in [0.5, 0.6) is 0 Å². The average molecular weight is 324 g/mol. The van der Waals surface area contributed by atoms with Crippen LogP contribution in [0.15, 0.2) is 40.6 Å². The van der Waals surface area contributed by atoms with Crippen LogP contribution in [0.3, 0.4) is 0 Å². The molecule has 0 saturated carbocycles. The molecule has 1 aromatic heterocycles. The highest BCUT2D eigenvalue weighted by Gasteiger charge is 2.18. The number of nitrogens with two attached hydrogens (primary N) is 1. The first-order valence-electron chi connectivity index (χ1n) is 5.82. The van der Waals surface area contributed by atoms with E-state index < -0.39 is 15.9 Å². The third-order valence-corrected chi connectivity index (χ3v) is 5.10. The van der Waals surface area contributed by atoms with Crippen molar-refractivity contribution in [1.29, 1.82) is 0 Å². The Labute approximate surface area is 125 Å². The van der Waals surface area contributed by atoms with Crippen molar-refractivity contribution in [2.24, 2.45) is 5.73 Å². The second-order valence-electron chi connectivity index (χ2n) is 4.25. The average Bonchev–Trinajstić information content (AvgIpc) is 2.89. The molecule has 0 bridgehead atoms. The lowest BCUT2D eigenvalue weighted by atomic mass is 10.1. The van der Waals surface area contributed by atoms with Gasteiger partial charge in [0.2, 0.25) is 0 Å². The van der Waals surface area contributed by atoms with Gasteiger partial charge < -0.3 is 5.73 Å². The highest BCUT2D eigenvalue weighted by molar-refractivity contribution is 7.92. The lowest BCUT2D eigenvalue weighted by molar-refractivity contribution is 0.0999. The summed E-state index contributed by atoms with van der Waals surface area (Å²) in [5.74, 6) is -0.845. The van der Waals surface area contributed by atoms with E-state index in [9.17, 15) is 18.0 Å². The number of primary amides is 1. The number of ketones is 1. The maximum absolute atomic E-state index is 12.2. The normalized spacial score (nSPS) is 11.1. The van der Waals surface area contributed by atoms with Crippen molar-refractivity contribution in [2.45, 2.75) is 11.8 Å². The number of Topliss-reactive ketones (excluding diaryl/α,β-unsaturated/α-hetero) is 1. The molecule has 110 valence electrons. The van der Waals surface area contributed by atoms with Gasteiger partial charge in [-0.1, -0.05) is 12.1 Å². The first-order chi connectivity index (χ1) is 9.79. The zero-order chi connectivity index (χ0) is 15.6. The SMILES string of the molecule is CC(=O)c1cccc(NS(=O)(=O)c2csc(C(N)=O)c2)c1. The van der Waals surface area contributed by atoms with Gasteiger partial charge in [0.15, 0.2) is 5.78 Å². The highest BCUT2D eigenvalue weighted by atomic mass is 32.2. The number of sulfonamides is 1. The van der Waals surface area contributed by atoms with Gasteiger partial charge in [0.1, 0.15) is 0 Å². The van der Waals surface area contributed by atoms with Gasteiger partial charge >= 0.3 is 0 Å². The third kappa shape index (κ3) is 3.47. The number of nitrogens with one attached hydrogen (secondary N) is 1. The highest BCUT2D eigenvalue weighted by Crippen LogP contribution is 2.22. The number of benzene rings is 1. The fourth-order valence-electron chi connectivity index (χ4n) is 1.60. The number of amides is 1. The Balaban J connectivity index is 2.30. The minimum Gasteiger partial charge on any atom is -0.365 e. The summed E-state index contributed by atoms with van der Waals surface area (Å²) in [6.07, 6.45) is 0. The molecule has 6 nitrogen and oxygen atoms in total. The summed E-state index contributed by atoms with van der Waals surface area (Å²) in [4.78, 5) is 22.4. The fraction of sp³-hybridized carbons (Fsp3) is 0.0769. The van der Waals surface area contributed by atoms with Crippen LogP contribution in [0.4, 0.5) is 5.69 Å². The van der Waals surface area contributed by atoms with E-state index in [2.05, 4.69) is 4.72 Å². The number of anilines is 1. The van der Waals surface area contributed by atoms with Gasteiger partial charge in [0.05, 0.1) is 9.77 Å². The van der Waals surface area contributed by atoms with Crippen LogP contribution in [-0.2, 0) is 10.0 Å². The maximum atomic E-state index is 12.2. The zero-order valence-corrected chi connectivity index (χ0v) is 12.6. The van der Waals surface area contributed by atoms with E-state index >= 15 is 0 Å². The molecule has 0 atom stereocenters. The van der Waals surface area contributed by atoms with E-state index in [0.717, 1.165) is 11.3 Å². The van der Waals surface area contributed by atoms with E-state index in [-0.39, 0.29) is 21.2 Å². The Morgan fingerprint density at radius 2 is 1.95 bits per heavy atom. The molecule has 0 aliphatic heterocycles. The molecule has 1 amide bonds. The minimum absolute atomic E-state index is 0.0467. The molecule has 8 heteroatoms. The van der Waals surface area contributed by atoms with Crippen LogP contribution in [0.1, 0.15) is 27.0 Å². The molecule has 0 spiro atoms. The molecule has 0 aliphatic rings. The predicted octanol–water partition coefficient (Wildman–Crippen LogP) is 1.85. The molecule has 2 aromatic rings.